The first-order valence-electron chi connectivity index (χ1n) is 7.27. The molecule has 0 bridgehead atoms. The van der Waals surface area contributed by atoms with Crippen molar-refractivity contribution in [3.63, 3.8) is 0 Å². The molecule has 2 heterocycles. The van der Waals surface area contributed by atoms with Crippen molar-refractivity contribution in [3.05, 3.63) is 18.2 Å². The predicted molar refractivity (Wildman–Crippen MR) is 76.3 cm³/mol. The van der Waals surface area contributed by atoms with Crippen molar-refractivity contribution in [2.45, 2.75) is 31.7 Å². The molecule has 2 aliphatic rings. The number of piperidine rings is 1. The molecule has 1 amide bonds. The van der Waals surface area contributed by atoms with Crippen molar-refractivity contribution in [1.29, 1.82) is 0 Å². The molecule has 1 fully saturated rings. The Kier molecular flexibility index (Phi) is 4.06. The second-order valence-corrected chi connectivity index (χ2v) is 5.20. The number of anilines is 1. The lowest BCUT2D eigenvalue weighted by Gasteiger charge is -2.22. The van der Waals surface area contributed by atoms with E-state index < -0.39 is 0 Å². The Morgan fingerprint density at radius 3 is 2.80 bits per heavy atom. The number of benzene rings is 1. The quantitative estimate of drug-likeness (QED) is 0.866. The van der Waals surface area contributed by atoms with E-state index >= 15 is 0 Å². The Hall–Kier alpha value is -1.75. The Bertz CT molecular complexity index is 484. The topological polar surface area (TPSA) is 59.6 Å². The zero-order chi connectivity index (χ0) is 13.8. The second kappa shape index (κ2) is 6.13. The summed E-state index contributed by atoms with van der Waals surface area (Å²) in [6.45, 7) is 2.23. The van der Waals surface area contributed by atoms with Gasteiger partial charge in [-0.3, -0.25) is 4.79 Å². The molecule has 1 aromatic carbocycles. The molecule has 20 heavy (non-hydrogen) atoms. The van der Waals surface area contributed by atoms with Crippen LogP contribution in [0, 0.1) is 0 Å². The van der Waals surface area contributed by atoms with E-state index in [0.717, 1.165) is 43.7 Å². The number of hydrogen-bond acceptors (Lipinski definition) is 4. The van der Waals surface area contributed by atoms with Gasteiger partial charge in [-0.15, -0.1) is 0 Å². The maximum Gasteiger partial charge on any atom is 0.241 e. The van der Waals surface area contributed by atoms with Crippen LogP contribution in [0.25, 0.3) is 0 Å². The molecule has 0 aromatic heterocycles. The first kappa shape index (κ1) is 13.2. The number of ether oxygens (including phenoxy) is 2. The molecule has 0 saturated carbocycles. The lowest BCUT2D eigenvalue weighted by Crippen LogP contribution is -2.43. The highest BCUT2D eigenvalue weighted by molar-refractivity contribution is 5.95. The molecule has 1 aromatic rings. The summed E-state index contributed by atoms with van der Waals surface area (Å²) in [6.07, 6.45) is 4.03. The largest absolute Gasteiger partial charge is 0.490 e. The average molecular weight is 276 g/mol. The summed E-state index contributed by atoms with van der Waals surface area (Å²) in [5.74, 6) is 1.48. The molecule has 0 spiro atoms. The molecular weight excluding hydrogens is 256 g/mol. The minimum atomic E-state index is -0.0836. The van der Waals surface area contributed by atoms with Crippen molar-refractivity contribution in [1.82, 2.24) is 5.32 Å². The van der Waals surface area contributed by atoms with E-state index in [2.05, 4.69) is 10.6 Å². The lowest BCUT2D eigenvalue weighted by molar-refractivity contribution is -0.118. The van der Waals surface area contributed by atoms with E-state index in [4.69, 9.17) is 9.47 Å². The number of rotatable bonds is 2. The van der Waals surface area contributed by atoms with E-state index in [0.29, 0.717) is 19.0 Å². The highest BCUT2D eigenvalue weighted by Gasteiger charge is 2.21. The molecule has 2 aliphatic heterocycles. The minimum Gasteiger partial charge on any atom is -0.490 e. The van der Waals surface area contributed by atoms with Gasteiger partial charge in [-0.05, 0) is 31.5 Å². The van der Waals surface area contributed by atoms with E-state index in [1.165, 1.54) is 0 Å². The molecule has 108 valence electrons. The molecule has 0 unspecified atom stereocenters. The molecule has 5 nitrogen and oxygen atoms in total. The standard InChI is InChI=1S/C15H20N2O3/c18-15(12-4-1-2-7-16-12)17-11-5-6-13-14(10-11)20-9-3-8-19-13/h5-6,10,12,16H,1-4,7-9H2,(H,17,18)/t12-/m0/s1. The van der Waals surface area contributed by atoms with Gasteiger partial charge >= 0.3 is 0 Å². The number of amides is 1. The van der Waals surface area contributed by atoms with E-state index in [1.807, 2.05) is 18.2 Å². The molecule has 1 saturated heterocycles. The zero-order valence-electron chi connectivity index (χ0n) is 11.5. The molecule has 0 aliphatic carbocycles. The summed E-state index contributed by atoms with van der Waals surface area (Å²) in [7, 11) is 0. The number of nitrogens with one attached hydrogen (secondary N) is 2. The first-order valence-corrected chi connectivity index (χ1v) is 7.27. The van der Waals surface area contributed by atoms with Crippen LogP contribution in [0.15, 0.2) is 18.2 Å². The molecule has 3 rings (SSSR count). The average Bonchev–Trinajstić information content (AvgIpc) is 2.73. The van der Waals surface area contributed by atoms with Crippen LogP contribution < -0.4 is 20.1 Å². The highest BCUT2D eigenvalue weighted by Crippen LogP contribution is 2.32. The summed E-state index contributed by atoms with van der Waals surface area (Å²) >= 11 is 0. The van der Waals surface area contributed by atoms with Crippen LogP contribution in [0.1, 0.15) is 25.7 Å². The van der Waals surface area contributed by atoms with Gasteiger partial charge in [0.05, 0.1) is 19.3 Å². The zero-order valence-corrected chi connectivity index (χ0v) is 11.5. The van der Waals surface area contributed by atoms with Gasteiger partial charge in [0.2, 0.25) is 5.91 Å². The molecule has 5 heteroatoms. The Morgan fingerprint density at radius 2 is 2.00 bits per heavy atom. The third kappa shape index (κ3) is 3.04. The van der Waals surface area contributed by atoms with Gasteiger partial charge in [0.1, 0.15) is 0 Å². The molecule has 1 atom stereocenters. The van der Waals surface area contributed by atoms with Gasteiger partial charge in [-0.2, -0.15) is 0 Å². The van der Waals surface area contributed by atoms with Crippen molar-refractivity contribution >= 4 is 11.6 Å². The fourth-order valence-corrected chi connectivity index (χ4v) is 2.55. The Morgan fingerprint density at radius 1 is 1.15 bits per heavy atom. The first-order chi connectivity index (χ1) is 9.83. The van der Waals surface area contributed by atoms with Gasteiger partial charge in [0.15, 0.2) is 11.5 Å². The van der Waals surface area contributed by atoms with E-state index in [-0.39, 0.29) is 11.9 Å². The van der Waals surface area contributed by atoms with Crippen molar-refractivity contribution in [2.24, 2.45) is 0 Å². The lowest BCUT2D eigenvalue weighted by atomic mass is 10.0. The maximum absolute atomic E-state index is 12.2. The van der Waals surface area contributed by atoms with Crippen LogP contribution in [0.5, 0.6) is 11.5 Å². The highest BCUT2D eigenvalue weighted by atomic mass is 16.5. The number of carbonyl (C=O) groups excluding carboxylic acids is 1. The SMILES string of the molecule is O=C(Nc1ccc2c(c1)OCCCO2)[C@@H]1CCCCN1. The predicted octanol–water partition coefficient (Wildman–Crippen LogP) is 1.93. The fourth-order valence-electron chi connectivity index (χ4n) is 2.55. The number of hydrogen-bond donors (Lipinski definition) is 2. The smallest absolute Gasteiger partial charge is 0.241 e. The molecule has 0 radical (unpaired) electrons. The second-order valence-electron chi connectivity index (χ2n) is 5.20. The van der Waals surface area contributed by atoms with Crippen LogP contribution in [-0.2, 0) is 4.79 Å². The van der Waals surface area contributed by atoms with Gasteiger partial charge in [-0.25, -0.2) is 0 Å². The summed E-state index contributed by atoms with van der Waals surface area (Å²) in [5, 5.41) is 6.19. The van der Waals surface area contributed by atoms with Gasteiger partial charge in [-0.1, -0.05) is 6.42 Å². The van der Waals surface area contributed by atoms with E-state index in [1.54, 1.807) is 0 Å². The van der Waals surface area contributed by atoms with Crippen LogP contribution >= 0.6 is 0 Å². The molecular formula is C15H20N2O3. The summed E-state index contributed by atoms with van der Waals surface area (Å²) < 4.78 is 11.2. The Labute approximate surface area is 118 Å². The van der Waals surface area contributed by atoms with Crippen molar-refractivity contribution < 1.29 is 14.3 Å². The van der Waals surface area contributed by atoms with Crippen LogP contribution in [0.2, 0.25) is 0 Å². The van der Waals surface area contributed by atoms with Gasteiger partial charge < -0.3 is 20.1 Å². The van der Waals surface area contributed by atoms with E-state index in [9.17, 15) is 4.79 Å². The maximum atomic E-state index is 12.2. The van der Waals surface area contributed by atoms with Crippen LogP contribution in [0.4, 0.5) is 5.69 Å². The Balaban J connectivity index is 1.68. The van der Waals surface area contributed by atoms with Gasteiger partial charge in [0, 0.05) is 18.2 Å². The summed E-state index contributed by atoms with van der Waals surface area (Å²) in [6, 6.07) is 5.46. The van der Waals surface area contributed by atoms with Crippen LogP contribution in [0.3, 0.4) is 0 Å². The summed E-state index contributed by atoms with van der Waals surface area (Å²) in [4.78, 5) is 12.2. The van der Waals surface area contributed by atoms with Crippen molar-refractivity contribution in [3.8, 4) is 11.5 Å². The monoisotopic (exact) mass is 276 g/mol. The number of fused-ring (bicyclic) bond motifs is 1. The number of carbonyl (C=O) groups is 1. The van der Waals surface area contributed by atoms with Crippen molar-refractivity contribution in [2.75, 3.05) is 25.1 Å². The third-order valence-electron chi connectivity index (χ3n) is 3.64. The van der Waals surface area contributed by atoms with Gasteiger partial charge in [0.25, 0.3) is 0 Å². The minimum absolute atomic E-state index is 0.0270. The normalized spacial score (nSPS) is 21.9. The van der Waals surface area contributed by atoms with Crippen LogP contribution in [-0.4, -0.2) is 31.7 Å². The summed E-state index contributed by atoms with van der Waals surface area (Å²) in [5.41, 5.74) is 0.756. The molecule has 2 N–H and O–H groups in total. The fraction of sp³-hybridized carbons (Fsp3) is 0.533. The third-order valence-corrected chi connectivity index (χ3v) is 3.64.